The molecule has 5 nitrogen and oxygen atoms in total. The zero-order valence-corrected chi connectivity index (χ0v) is 16.1. The molecule has 4 rings (SSSR count). The summed E-state index contributed by atoms with van der Waals surface area (Å²) in [5.74, 6) is 0.488. The Labute approximate surface area is 167 Å². The number of hydrogen-bond donors (Lipinski definition) is 2. The van der Waals surface area contributed by atoms with E-state index in [-0.39, 0.29) is 6.03 Å². The van der Waals surface area contributed by atoms with Crippen molar-refractivity contribution in [2.45, 2.75) is 13.5 Å². The molecule has 6 heteroatoms. The summed E-state index contributed by atoms with van der Waals surface area (Å²) in [4.78, 5) is 12.5. The summed E-state index contributed by atoms with van der Waals surface area (Å²) in [7, 11) is 0. The molecule has 0 bridgehead atoms. The number of amides is 2. The molecule has 0 aliphatic rings. The molecule has 0 radical (unpaired) electrons. The molecular weight excluding hydrogens is 372 g/mol. The topological polar surface area (TPSA) is 59.0 Å². The standard InChI is InChI=1S/C22H19ClN4O/c1-15-13-21(26-27(15)14-17-8-3-5-11-19(17)23)25-22(28)24-20-12-6-9-16-7-2-4-10-18(16)20/h2-13H,14H2,1H3,(H2,24,25,26,28). The normalized spacial score (nSPS) is 10.8. The quantitative estimate of drug-likeness (QED) is 0.470. The van der Waals surface area contributed by atoms with Gasteiger partial charge in [0.15, 0.2) is 5.82 Å². The van der Waals surface area contributed by atoms with Crippen LogP contribution in [0.5, 0.6) is 0 Å². The molecule has 0 saturated carbocycles. The predicted molar refractivity (Wildman–Crippen MR) is 114 cm³/mol. The van der Waals surface area contributed by atoms with Crippen LogP contribution in [0.15, 0.2) is 72.8 Å². The number of carbonyl (C=O) groups is 1. The van der Waals surface area contributed by atoms with Crippen LogP contribution in [0.2, 0.25) is 5.02 Å². The minimum Gasteiger partial charge on any atom is -0.307 e. The number of fused-ring (bicyclic) bond motifs is 1. The number of carbonyl (C=O) groups excluding carboxylic acids is 1. The van der Waals surface area contributed by atoms with E-state index in [9.17, 15) is 4.79 Å². The van der Waals surface area contributed by atoms with E-state index in [1.54, 1.807) is 0 Å². The van der Waals surface area contributed by atoms with Gasteiger partial charge in [-0.15, -0.1) is 0 Å². The van der Waals surface area contributed by atoms with Gasteiger partial charge in [0.25, 0.3) is 0 Å². The summed E-state index contributed by atoms with van der Waals surface area (Å²) < 4.78 is 1.81. The highest BCUT2D eigenvalue weighted by Gasteiger charge is 2.11. The molecule has 3 aromatic carbocycles. The van der Waals surface area contributed by atoms with Crippen LogP contribution in [-0.4, -0.2) is 15.8 Å². The van der Waals surface area contributed by atoms with Crippen LogP contribution >= 0.6 is 11.6 Å². The Hall–Kier alpha value is -3.31. The van der Waals surface area contributed by atoms with Crippen molar-refractivity contribution in [3.05, 3.63) is 89.1 Å². The van der Waals surface area contributed by atoms with Crippen LogP contribution in [0.3, 0.4) is 0 Å². The van der Waals surface area contributed by atoms with Crippen molar-refractivity contribution in [1.82, 2.24) is 9.78 Å². The number of aryl methyl sites for hydroxylation is 1. The number of urea groups is 1. The Balaban J connectivity index is 1.48. The first-order valence-electron chi connectivity index (χ1n) is 8.94. The van der Waals surface area contributed by atoms with Gasteiger partial charge in [0, 0.05) is 22.2 Å². The summed E-state index contributed by atoms with van der Waals surface area (Å²) in [6.45, 7) is 2.48. The van der Waals surface area contributed by atoms with Crippen molar-refractivity contribution in [2.24, 2.45) is 0 Å². The minimum absolute atomic E-state index is 0.334. The average Bonchev–Trinajstić information content (AvgIpc) is 3.02. The van der Waals surface area contributed by atoms with Crippen molar-refractivity contribution in [2.75, 3.05) is 10.6 Å². The Bertz CT molecular complexity index is 1150. The molecule has 4 aromatic rings. The maximum absolute atomic E-state index is 12.5. The van der Waals surface area contributed by atoms with Crippen molar-refractivity contribution in [3.8, 4) is 0 Å². The van der Waals surface area contributed by atoms with E-state index in [4.69, 9.17) is 11.6 Å². The largest absolute Gasteiger partial charge is 0.324 e. The van der Waals surface area contributed by atoms with Gasteiger partial charge in [-0.2, -0.15) is 5.10 Å². The fourth-order valence-electron chi connectivity index (χ4n) is 3.12. The van der Waals surface area contributed by atoms with Gasteiger partial charge < -0.3 is 5.32 Å². The Morgan fingerprint density at radius 3 is 2.61 bits per heavy atom. The number of benzene rings is 3. The lowest BCUT2D eigenvalue weighted by Crippen LogP contribution is -2.20. The molecule has 140 valence electrons. The van der Waals surface area contributed by atoms with Crippen LogP contribution < -0.4 is 10.6 Å². The SMILES string of the molecule is Cc1cc(NC(=O)Nc2cccc3ccccc23)nn1Cc1ccccc1Cl. The molecule has 0 aliphatic carbocycles. The lowest BCUT2D eigenvalue weighted by molar-refractivity contribution is 0.262. The van der Waals surface area contributed by atoms with Crippen LogP contribution in [0, 0.1) is 6.92 Å². The van der Waals surface area contributed by atoms with Crippen molar-refractivity contribution in [3.63, 3.8) is 0 Å². The zero-order valence-electron chi connectivity index (χ0n) is 15.3. The van der Waals surface area contributed by atoms with Gasteiger partial charge in [0.2, 0.25) is 0 Å². The van der Waals surface area contributed by atoms with E-state index < -0.39 is 0 Å². The number of nitrogens with zero attached hydrogens (tertiary/aromatic N) is 2. The Morgan fingerprint density at radius 1 is 1.00 bits per heavy atom. The smallest absolute Gasteiger partial charge is 0.307 e. The van der Waals surface area contributed by atoms with Gasteiger partial charge in [0.05, 0.1) is 12.2 Å². The van der Waals surface area contributed by atoms with Gasteiger partial charge in [0.1, 0.15) is 0 Å². The highest BCUT2D eigenvalue weighted by Crippen LogP contribution is 2.23. The van der Waals surface area contributed by atoms with E-state index in [0.717, 1.165) is 27.7 Å². The summed E-state index contributed by atoms with van der Waals surface area (Å²) in [6, 6.07) is 22.9. The van der Waals surface area contributed by atoms with Crippen LogP contribution in [-0.2, 0) is 6.54 Å². The number of halogens is 1. The first-order chi connectivity index (χ1) is 13.6. The van der Waals surface area contributed by atoms with Crippen LogP contribution in [0.25, 0.3) is 10.8 Å². The van der Waals surface area contributed by atoms with Crippen molar-refractivity contribution >= 4 is 39.9 Å². The van der Waals surface area contributed by atoms with Crippen molar-refractivity contribution in [1.29, 1.82) is 0 Å². The Morgan fingerprint density at radius 2 is 1.75 bits per heavy atom. The molecule has 1 heterocycles. The average molecular weight is 391 g/mol. The van der Waals surface area contributed by atoms with Gasteiger partial charge in [-0.1, -0.05) is 66.2 Å². The number of rotatable bonds is 4. The molecule has 0 aliphatic heterocycles. The number of aromatic nitrogens is 2. The highest BCUT2D eigenvalue weighted by atomic mass is 35.5. The van der Waals surface area contributed by atoms with E-state index in [2.05, 4.69) is 15.7 Å². The summed E-state index contributed by atoms with van der Waals surface area (Å²) >= 11 is 6.23. The molecule has 1 aromatic heterocycles. The van der Waals surface area contributed by atoms with Gasteiger partial charge in [-0.3, -0.25) is 10.00 Å². The zero-order chi connectivity index (χ0) is 19.5. The predicted octanol–water partition coefficient (Wildman–Crippen LogP) is 5.69. The minimum atomic E-state index is -0.334. The fourth-order valence-corrected chi connectivity index (χ4v) is 3.32. The highest BCUT2D eigenvalue weighted by molar-refractivity contribution is 6.31. The Kier molecular flexibility index (Phi) is 5.00. The molecule has 0 atom stereocenters. The maximum atomic E-state index is 12.5. The van der Waals surface area contributed by atoms with Gasteiger partial charge >= 0.3 is 6.03 Å². The number of anilines is 2. The summed E-state index contributed by atoms with van der Waals surface area (Å²) in [5.41, 5.74) is 2.66. The molecule has 2 amide bonds. The fraction of sp³-hybridized carbons (Fsp3) is 0.0909. The second-order valence-electron chi connectivity index (χ2n) is 6.53. The lowest BCUT2D eigenvalue weighted by atomic mass is 10.1. The van der Waals surface area contributed by atoms with E-state index in [1.807, 2.05) is 84.4 Å². The molecule has 28 heavy (non-hydrogen) atoms. The molecule has 0 fully saturated rings. The third kappa shape index (κ3) is 3.85. The maximum Gasteiger partial charge on any atom is 0.324 e. The third-order valence-electron chi connectivity index (χ3n) is 4.54. The molecule has 0 spiro atoms. The first kappa shape index (κ1) is 18.1. The van der Waals surface area contributed by atoms with Gasteiger partial charge in [-0.05, 0) is 30.0 Å². The third-order valence-corrected chi connectivity index (χ3v) is 4.91. The number of hydrogen-bond acceptors (Lipinski definition) is 2. The second kappa shape index (κ2) is 7.74. The van der Waals surface area contributed by atoms with Crippen LogP contribution in [0.4, 0.5) is 16.3 Å². The van der Waals surface area contributed by atoms with E-state index >= 15 is 0 Å². The van der Waals surface area contributed by atoms with Crippen LogP contribution in [0.1, 0.15) is 11.3 Å². The lowest BCUT2D eigenvalue weighted by Gasteiger charge is -2.09. The van der Waals surface area contributed by atoms with Gasteiger partial charge in [-0.25, -0.2) is 4.79 Å². The van der Waals surface area contributed by atoms with E-state index in [1.165, 1.54) is 0 Å². The monoisotopic (exact) mass is 390 g/mol. The second-order valence-corrected chi connectivity index (χ2v) is 6.93. The summed E-state index contributed by atoms with van der Waals surface area (Å²) in [6.07, 6.45) is 0. The molecule has 2 N–H and O–H groups in total. The van der Waals surface area contributed by atoms with E-state index in [0.29, 0.717) is 17.4 Å². The number of nitrogens with one attached hydrogen (secondary N) is 2. The molecule has 0 unspecified atom stereocenters. The molecule has 0 saturated heterocycles. The summed E-state index contributed by atoms with van der Waals surface area (Å²) in [5, 5.41) is 12.9. The van der Waals surface area contributed by atoms with Crippen molar-refractivity contribution < 1.29 is 4.79 Å². The molecular formula is C22H19ClN4O. The first-order valence-corrected chi connectivity index (χ1v) is 9.31.